The fraction of sp³-hybridized carbons (Fsp3) is 0.727. The first-order valence-corrected chi connectivity index (χ1v) is 5.83. The minimum absolute atomic E-state index is 0.836. The van der Waals surface area contributed by atoms with Crippen LogP contribution in [0, 0.1) is 0 Å². The van der Waals surface area contributed by atoms with Crippen molar-refractivity contribution in [3.63, 3.8) is 0 Å². The van der Waals surface area contributed by atoms with Crippen molar-refractivity contribution in [2.75, 3.05) is 18.8 Å². The third-order valence-corrected chi connectivity index (χ3v) is 3.10. The molecule has 1 saturated heterocycles. The van der Waals surface area contributed by atoms with Gasteiger partial charge in [-0.15, -0.1) is 0 Å². The van der Waals surface area contributed by atoms with E-state index in [0.717, 1.165) is 18.9 Å². The van der Waals surface area contributed by atoms with Crippen molar-refractivity contribution >= 4 is 5.82 Å². The molecule has 0 saturated carbocycles. The van der Waals surface area contributed by atoms with Crippen LogP contribution < -0.4 is 5.73 Å². The van der Waals surface area contributed by atoms with Crippen LogP contribution in [0.25, 0.3) is 0 Å². The number of aryl methyl sites for hydroxylation is 1. The van der Waals surface area contributed by atoms with Crippen LogP contribution in [0.5, 0.6) is 0 Å². The van der Waals surface area contributed by atoms with E-state index in [0.29, 0.717) is 0 Å². The maximum Gasteiger partial charge on any atom is 0.126 e. The summed E-state index contributed by atoms with van der Waals surface area (Å²) in [5, 5.41) is 4.26. The molecule has 1 aromatic rings. The van der Waals surface area contributed by atoms with Gasteiger partial charge >= 0.3 is 0 Å². The van der Waals surface area contributed by atoms with Gasteiger partial charge < -0.3 is 5.73 Å². The fourth-order valence-corrected chi connectivity index (χ4v) is 2.17. The van der Waals surface area contributed by atoms with E-state index in [1.807, 2.05) is 10.9 Å². The summed E-state index contributed by atoms with van der Waals surface area (Å²) in [6.45, 7) is 6.29. The molecule has 1 aromatic heterocycles. The van der Waals surface area contributed by atoms with E-state index in [2.05, 4.69) is 16.9 Å². The van der Waals surface area contributed by atoms with Crippen molar-refractivity contribution in [1.82, 2.24) is 14.7 Å². The third-order valence-electron chi connectivity index (χ3n) is 3.10. The first-order chi connectivity index (χ1) is 7.31. The molecule has 0 aromatic carbocycles. The largest absolute Gasteiger partial charge is 0.384 e. The summed E-state index contributed by atoms with van der Waals surface area (Å²) in [5.74, 6) is 0.836. The second-order valence-corrected chi connectivity index (χ2v) is 4.21. The number of nitrogens with two attached hydrogens (primary N) is 1. The fourth-order valence-electron chi connectivity index (χ4n) is 2.17. The van der Waals surface area contributed by atoms with Gasteiger partial charge in [-0.1, -0.05) is 6.42 Å². The molecule has 84 valence electrons. The minimum Gasteiger partial charge on any atom is -0.384 e. The van der Waals surface area contributed by atoms with Crippen molar-refractivity contribution in [3.05, 3.63) is 11.8 Å². The lowest BCUT2D eigenvalue weighted by molar-refractivity contribution is 0.221. The molecular weight excluding hydrogens is 188 g/mol. The third kappa shape index (κ3) is 2.31. The van der Waals surface area contributed by atoms with Gasteiger partial charge in [0.25, 0.3) is 0 Å². The molecule has 0 amide bonds. The Bertz CT molecular complexity index is 312. The van der Waals surface area contributed by atoms with Crippen molar-refractivity contribution in [3.8, 4) is 0 Å². The molecule has 4 nitrogen and oxygen atoms in total. The summed E-state index contributed by atoms with van der Waals surface area (Å²) in [4.78, 5) is 2.47. The summed E-state index contributed by atoms with van der Waals surface area (Å²) < 4.78 is 1.86. The summed E-state index contributed by atoms with van der Waals surface area (Å²) in [6.07, 6.45) is 5.93. The molecule has 4 heteroatoms. The summed E-state index contributed by atoms with van der Waals surface area (Å²) >= 11 is 0. The maximum absolute atomic E-state index is 6.00. The highest BCUT2D eigenvalue weighted by Gasteiger charge is 2.13. The molecule has 0 bridgehead atoms. The molecule has 1 aliphatic heterocycles. The second kappa shape index (κ2) is 4.66. The molecule has 0 radical (unpaired) electrons. The molecule has 2 rings (SSSR count). The maximum atomic E-state index is 6.00. The molecule has 0 unspecified atom stereocenters. The lowest BCUT2D eigenvalue weighted by Gasteiger charge is -2.25. The Balaban J connectivity index is 2.00. The average molecular weight is 208 g/mol. The monoisotopic (exact) mass is 208 g/mol. The number of hydrogen-bond acceptors (Lipinski definition) is 3. The van der Waals surface area contributed by atoms with Crippen LogP contribution in [-0.2, 0) is 13.1 Å². The molecular formula is C11H20N4. The zero-order valence-corrected chi connectivity index (χ0v) is 9.45. The highest BCUT2D eigenvalue weighted by atomic mass is 15.3. The zero-order chi connectivity index (χ0) is 10.7. The van der Waals surface area contributed by atoms with Gasteiger partial charge in [0.1, 0.15) is 5.82 Å². The van der Waals surface area contributed by atoms with Gasteiger partial charge in [0.05, 0.1) is 6.20 Å². The van der Waals surface area contributed by atoms with Gasteiger partial charge in [-0.25, -0.2) is 0 Å². The highest BCUT2D eigenvalue weighted by Crippen LogP contribution is 2.17. The van der Waals surface area contributed by atoms with Crippen LogP contribution in [0.3, 0.4) is 0 Å². The average Bonchev–Trinajstić information content (AvgIpc) is 2.62. The van der Waals surface area contributed by atoms with Crippen LogP contribution in [0.15, 0.2) is 6.20 Å². The predicted molar refractivity (Wildman–Crippen MR) is 61.4 cm³/mol. The van der Waals surface area contributed by atoms with Crippen molar-refractivity contribution < 1.29 is 0 Å². The van der Waals surface area contributed by atoms with Crippen LogP contribution in [-0.4, -0.2) is 27.8 Å². The number of rotatable bonds is 3. The molecule has 2 heterocycles. The highest BCUT2D eigenvalue weighted by molar-refractivity contribution is 5.38. The van der Waals surface area contributed by atoms with Crippen molar-refractivity contribution in [1.29, 1.82) is 0 Å². The van der Waals surface area contributed by atoms with Crippen LogP contribution in [0.2, 0.25) is 0 Å². The number of anilines is 1. The van der Waals surface area contributed by atoms with Crippen LogP contribution in [0.4, 0.5) is 5.82 Å². The Morgan fingerprint density at radius 2 is 2.07 bits per heavy atom. The van der Waals surface area contributed by atoms with Crippen LogP contribution in [0.1, 0.15) is 31.7 Å². The zero-order valence-electron chi connectivity index (χ0n) is 9.45. The Morgan fingerprint density at radius 1 is 1.33 bits per heavy atom. The van der Waals surface area contributed by atoms with Gasteiger partial charge in [-0.3, -0.25) is 9.58 Å². The first-order valence-electron chi connectivity index (χ1n) is 5.83. The molecule has 0 spiro atoms. The Kier molecular flexibility index (Phi) is 3.26. The lowest BCUT2D eigenvalue weighted by atomic mass is 10.1. The van der Waals surface area contributed by atoms with Gasteiger partial charge in [-0.2, -0.15) is 5.10 Å². The first kappa shape index (κ1) is 10.5. The van der Waals surface area contributed by atoms with Gasteiger partial charge in [0, 0.05) is 18.7 Å². The smallest absolute Gasteiger partial charge is 0.126 e. The standard InChI is InChI=1S/C11H20N4/c1-2-15-11(12)10(8-13-15)9-14-6-4-3-5-7-14/h8H,2-7,9,12H2,1H3. The van der Waals surface area contributed by atoms with Gasteiger partial charge in [0.2, 0.25) is 0 Å². The van der Waals surface area contributed by atoms with E-state index in [-0.39, 0.29) is 0 Å². The summed E-state index contributed by atoms with van der Waals surface area (Å²) in [7, 11) is 0. The van der Waals surface area contributed by atoms with Gasteiger partial charge in [-0.05, 0) is 32.9 Å². The molecule has 1 aliphatic rings. The molecule has 15 heavy (non-hydrogen) atoms. The molecule has 2 N–H and O–H groups in total. The Morgan fingerprint density at radius 3 is 2.67 bits per heavy atom. The van der Waals surface area contributed by atoms with Gasteiger partial charge in [0.15, 0.2) is 0 Å². The number of likely N-dealkylation sites (tertiary alicyclic amines) is 1. The minimum atomic E-state index is 0.836. The second-order valence-electron chi connectivity index (χ2n) is 4.21. The summed E-state index contributed by atoms with van der Waals surface area (Å²) in [5.41, 5.74) is 7.18. The van der Waals surface area contributed by atoms with Crippen molar-refractivity contribution in [2.24, 2.45) is 0 Å². The summed E-state index contributed by atoms with van der Waals surface area (Å²) in [6, 6.07) is 0. The van der Waals surface area contributed by atoms with E-state index in [1.165, 1.54) is 37.9 Å². The molecule has 1 fully saturated rings. The molecule has 0 aliphatic carbocycles. The number of nitrogens with zero attached hydrogens (tertiary/aromatic N) is 3. The predicted octanol–water partition coefficient (Wildman–Crippen LogP) is 1.47. The number of aromatic nitrogens is 2. The van der Waals surface area contributed by atoms with E-state index >= 15 is 0 Å². The lowest BCUT2D eigenvalue weighted by Crippen LogP contribution is -2.29. The van der Waals surface area contributed by atoms with E-state index in [1.54, 1.807) is 0 Å². The molecule has 0 atom stereocenters. The Hall–Kier alpha value is -1.03. The number of nitrogen functional groups attached to an aromatic ring is 1. The van der Waals surface area contributed by atoms with Crippen molar-refractivity contribution in [2.45, 2.75) is 39.3 Å². The number of piperidine rings is 1. The van der Waals surface area contributed by atoms with Crippen LogP contribution >= 0.6 is 0 Å². The Labute approximate surface area is 91.1 Å². The van der Waals surface area contributed by atoms with E-state index in [9.17, 15) is 0 Å². The topological polar surface area (TPSA) is 47.1 Å². The van der Waals surface area contributed by atoms with E-state index in [4.69, 9.17) is 5.73 Å². The van der Waals surface area contributed by atoms with E-state index < -0.39 is 0 Å². The quantitative estimate of drug-likeness (QED) is 0.818. The number of hydrogen-bond donors (Lipinski definition) is 1. The SMILES string of the molecule is CCn1ncc(CN2CCCCC2)c1N. The normalized spacial score (nSPS) is 18.2.